The normalized spacial score (nSPS) is 16.1. The van der Waals surface area contributed by atoms with Gasteiger partial charge in [0, 0.05) is 5.69 Å². The molecule has 166 valence electrons. The van der Waals surface area contributed by atoms with Crippen LogP contribution in [0.2, 0.25) is 5.02 Å². The highest BCUT2D eigenvalue weighted by Gasteiger charge is 2.35. The summed E-state index contributed by atoms with van der Waals surface area (Å²) in [5, 5.41) is 1.87. The lowest BCUT2D eigenvalue weighted by Crippen LogP contribution is -2.36. The lowest BCUT2D eigenvalue weighted by atomic mass is 10.1. The van der Waals surface area contributed by atoms with Crippen LogP contribution in [0.1, 0.15) is 18.1 Å². The SMILES string of the molecule is CC(=Cc1ccccc1)C=C1SC(=S)N(CC(=O)Nc2ccc(Cl)c(C(F)(F)F)c2)C1=O. The van der Waals surface area contributed by atoms with Crippen molar-refractivity contribution >= 4 is 63.5 Å². The molecule has 2 aromatic rings. The van der Waals surface area contributed by atoms with Crippen molar-refractivity contribution in [3.8, 4) is 0 Å². The van der Waals surface area contributed by atoms with Gasteiger partial charge < -0.3 is 5.32 Å². The minimum atomic E-state index is -4.66. The predicted octanol–water partition coefficient (Wildman–Crippen LogP) is 6.15. The van der Waals surface area contributed by atoms with Gasteiger partial charge >= 0.3 is 6.18 Å². The van der Waals surface area contributed by atoms with E-state index in [9.17, 15) is 22.8 Å². The molecule has 0 aromatic heterocycles. The van der Waals surface area contributed by atoms with Gasteiger partial charge in [0.1, 0.15) is 10.9 Å². The van der Waals surface area contributed by atoms with Crippen LogP contribution in [0.4, 0.5) is 18.9 Å². The van der Waals surface area contributed by atoms with Gasteiger partial charge in [0.05, 0.1) is 15.5 Å². The molecular formula is C22H16ClF3N2O2S2. The van der Waals surface area contributed by atoms with Crippen molar-refractivity contribution in [1.82, 2.24) is 4.90 Å². The molecule has 2 amide bonds. The van der Waals surface area contributed by atoms with E-state index in [0.29, 0.717) is 4.91 Å². The highest BCUT2D eigenvalue weighted by atomic mass is 35.5. The third kappa shape index (κ3) is 5.99. The first kappa shape index (κ1) is 24.0. The van der Waals surface area contributed by atoms with Gasteiger partial charge in [0.15, 0.2) is 0 Å². The van der Waals surface area contributed by atoms with E-state index in [4.69, 9.17) is 23.8 Å². The number of carbonyl (C=O) groups excluding carboxylic acids is 2. The summed E-state index contributed by atoms with van der Waals surface area (Å²) in [5.41, 5.74) is 0.639. The van der Waals surface area contributed by atoms with Crippen LogP contribution < -0.4 is 5.32 Å². The molecule has 1 saturated heterocycles. The van der Waals surface area contributed by atoms with Crippen molar-refractivity contribution in [3.05, 3.63) is 81.2 Å². The molecule has 0 bridgehead atoms. The number of benzene rings is 2. The highest BCUT2D eigenvalue weighted by molar-refractivity contribution is 8.26. The molecule has 0 unspecified atom stereocenters. The number of alkyl halides is 3. The Hall–Kier alpha value is -2.62. The average Bonchev–Trinajstić information content (AvgIpc) is 2.96. The van der Waals surface area contributed by atoms with Gasteiger partial charge in [-0.2, -0.15) is 13.2 Å². The van der Waals surface area contributed by atoms with Crippen molar-refractivity contribution in [2.45, 2.75) is 13.1 Å². The Morgan fingerprint density at radius 1 is 1.22 bits per heavy atom. The number of hydrogen-bond acceptors (Lipinski definition) is 4. The van der Waals surface area contributed by atoms with Gasteiger partial charge in [0.25, 0.3) is 5.91 Å². The highest BCUT2D eigenvalue weighted by Crippen LogP contribution is 2.36. The van der Waals surface area contributed by atoms with E-state index < -0.39 is 35.1 Å². The molecule has 0 radical (unpaired) electrons. The van der Waals surface area contributed by atoms with Crippen LogP contribution in [0.3, 0.4) is 0 Å². The predicted molar refractivity (Wildman–Crippen MR) is 125 cm³/mol. The van der Waals surface area contributed by atoms with Crippen molar-refractivity contribution in [2.75, 3.05) is 11.9 Å². The van der Waals surface area contributed by atoms with Crippen LogP contribution in [0.25, 0.3) is 6.08 Å². The van der Waals surface area contributed by atoms with Gasteiger partial charge in [-0.25, -0.2) is 0 Å². The number of rotatable bonds is 5. The Balaban J connectivity index is 1.69. The molecule has 4 nitrogen and oxygen atoms in total. The lowest BCUT2D eigenvalue weighted by Gasteiger charge is -2.15. The molecule has 1 N–H and O–H groups in total. The van der Waals surface area contributed by atoms with Crippen LogP contribution in [-0.4, -0.2) is 27.6 Å². The zero-order chi connectivity index (χ0) is 23.5. The van der Waals surface area contributed by atoms with E-state index >= 15 is 0 Å². The number of thioether (sulfide) groups is 1. The topological polar surface area (TPSA) is 49.4 Å². The second kappa shape index (κ2) is 9.89. The zero-order valence-electron chi connectivity index (χ0n) is 16.6. The Bertz CT molecular complexity index is 1130. The summed E-state index contributed by atoms with van der Waals surface area (Å²) in [7, 11) is 0. The number of nitrogens with zero attached hydrogens (tertiary/aromatic N) is 1. The average molecular weight is 497 g/mol. The van der Waals surface area contributed by atoms with Gasteiger partial charge in [-0.3, -0.25) is 14.5 Å². The quantitative estimate of drug-likeness (QED) is 0.399. The largest absolute Gasteiger partial charge is 0.417 e. The van der Waals surface area contributed by atoms with Crippen molar-refractivity contribution in [2.24, 2.45) is 0 Å². The van der Waals surface area contributed by atoms with E-state index in [1.165, 1.54) is 6.07 Å². The fourth-order valence-electron chi connectivity index (χ4n) is 2.86. The number of carbonyl (C=O) groups is 2. The minimum Gasteiger partial charge on any atom is -0.325 e. The molecule has 10 heteroatoms. The maximum Gasteiger partial charge on any atom is 0.417 e. The summed E-state index contributed by atoms with van der Waals surface area (Å²) in [5.74, 6) is -1.13. The third-order valence-corrected chi connectivity index (χ3v) is 5.99. The molecule has 1 aliphatic heterocycles. The number of amides is 2. The first-order valence-electron chi connectivity index (χ1n) is 9.20. The van der Waals surface area contributed by atoms with Crippen molar-refractivity contribution in [1.29, 1.82) is 0 Å². The van der Waals surface area contributed by atoms with Crippen molar-refractivity contribution in [3.63, 3.8) is 0 Å². The number of nitrogens with one attached hydrogen (secondary N) is 1. The zero-order valence-corrected chi connectivity index (χ0v) is 19.0. The molecule has 32 heavy (non-hydrogen) atoms. The lowest BCUT2D eigenvalue weighted by molar-refractivity contribution is -0.137. The van der Waals surface area contributed by atoms with E-state index in [-0.39, 0.29) is 10.0 Å². The molecule has 0 aliphatic carbocycles. The molecular weight excluding hydrogens is 481 g/mol. The summed E-state index contributed by atoms with van der Waals surface area (Å²) < 4.78 is 39.2. The second-order valence-corrected chi connectivity index (χ2v) is 8.89. The summed E-state index contributed by atoms with van der Waals surface area (Å²) in [6.07, 6.45) is -1.08. The molecule has 1 aliphatic rings. The molecule has 0 saturated carbocycles. The molecule has 1 heterocycles. The van der Waals surface area contributed by atoms with Crippen LogP contribution in [0.5, 0.6) is 0 Å². The van der Waals surface area contributed by atoms with E-state index in [0.717, 1.165) is 39.9 Å². The van der Waals surface area contributed by atoms with Gasteiger partial charge in [-0.15, -0.1) is 0 Å². The van der Waals surface area contributed by atoms with Crippen LogP contribution >= 0.6 is 35.6 Å². The first-order valence-corrected chi connectivity index (χ1v) is 10.8. The summed E-state index contributed by atoms with van der Waals surface area (Å²) in [6, 6.07) is 12.6. The summed E-state index contributed by atoms with van der Waals surface area (Å²) in [6.45, 7) is 1.42. The number of allylic oxidation sites excluding steroid dienone is 2. The Labute approximate surface area is 197 Å². The van der Waals surface area contributed by atoms with Gasteiger partial charge in [0.2, 0.25) is 5.91 Å². The fourth-order valence-corrected chi connectivity index (χ4v) is 4.39. The minimum absolute atomic E-state index is 0.0886. The maximum atomic E-state index is 13.0. The second-order valence-electron chi connectivity index (χ2n) is 6.81. The van der Waals surface area contributed by atoms with Crippen molar-refractivity contribution < 1.29 is 22.8 Å². The van der Waals surface area contributed by atoms with Crippen LogP contribution in [-0.2, 0) is 15.8 Å². The molecule has 3 rings (SSSR count). The van der Waals surface area contributed by atoms with E-state index in [1.54, 1.807) is 6.08 Å². The number of hydrogen-bond donors (Lipinski definition) is 1. The first-order chi connectivity index (χ1) is 15.0. The molecule has 1 fully saturated rings. The standard InChI is InChI=1S/C22H16ClF3N2O2S2/c1-13(9-14-5-3-2-4-6-14)10-18-20(30)28(21(31)32-18)12-19(29)27-15-7-8-17(23)16(11-15)22(24,25)26/h2-11H,12H2,1H3,(H,27,29). The summed E-state index contributed by atoms with van der Waals surface area (Å²) >= 11 is 11.9. The monoisotopic (exact) mass is 496 g/mol. The van der Waals surface area contributed by atoms with Crippen LogP contribution in [0.15, 0.2) is 65.1 Å². The fraction of sp³-hybridized carbons (Fsp3) is 0.136. The molecule has 0 spiro atoms. The number of halogens is 4. The van der Waals surface area contributed by atoms with E-state index in [1.807, 2.05) is 43.3 Å². The maximum absolute atomic E-state index is 13.0. The number of anilines is 1. The molecule has 0 atom stereocenters. The number of thiocarbonyl (C=S) groups is 1. The third-order valence-electron chi connectivity index (χ3n) is 4.28. The van der Waals surface area contributed by atoms with E-state index in [2.05, 4.69) is 5.32 Å². The summed E-state index contributed by atoms with van der Waals surface area (Å²) in [4.78, 5) is 26.5. The van der Waals surface area contributed by atoms with Crippen LogP contribution in [0, 0.1) is 0 Å². The Morgan fingerprint density at radius 2 is 1.91 bits per heavy atom. The van der Waals surface area contributed by atoms with Gasteiger partial charge in [-0.1, -0.05) is 72.0 Å². The molecule has 2 aromatic carbocycles. The van der Waals surface area contributed by atoms with Gasteiger partial charge in [-0.05, 0) is 42.3 Å². The Morgan fingerprint density at radius 3 is 2.56 bits per heavy atom. The Kier molecular flexibility index (Phi) is 7.43. The smallest absolute Gasteiger partial charge is 0.325 e.